The number of rotatable bonds is 3. The van der Waals surface area contributed by atoms with Gasteiger partial charge in [-0.25, -0.2) is 0 Å². The van der Waals surface area contributed by atoms with Gasteiger partial charge in [-0.3, -0.25) is 9.67 Å². The molecule has 0 radical (unpaired) electrons. The van der Waals surface area contributed by atoms with Gasteiger partial charge in [-0.15, -0.1) is 0 Å². The minimum Gasteiger partial charge on any atom is -0.508 e. The van der Waals surface area contributed by atoms with E-state index in [4.69, 9.17) is 17.0 Å². The molecule has 1 aromatic heterocycles. The number of H-pyrrole nitrogens is 1. The molecule has 3 rings (SSSR count). The molecule has 0 aliphatic heterocycles. The summed E-state index contributed by atoms with van der Waals surface area (Å²) >= 11 is 5.33. The van der Waals surface area contributed by atoms with E-state index in [9.17, 15) is 10.2 Å². The highest BCUT2D eigenvalue weighted by molar-refractivity contribution is 7.71. The molecule has 2 aromatic carbocycles. The van der Waals surface area contributed by atoms with Crippen LogP contribution in [-0.2, 0) is 0 Å². The maximum atomic E-state index is 10.1. The Morgan fingerprint density at radius 1 is 1.17 bits per heavy atom. The van der Waals surface area contributed by atoms with Crippen molar-refractivity contribution in [1.29, 1.82) is 0 Å². The van der Waals surface area contributed by atoms with E-state index in [-0.39, 0.29) is 11.5 Å². The van der Waals surface area contributed by atoms with Crippen LogP contribution in [0.3, 0.4) is 0 Å². The molecule has 3 aromatic rings. The quantitative estimate of drug-likeness (QED) is 0.642. The zero-order chi connectivity index (χ0) is 16.6. The molecular weight excluding hydrogens is 314 g/mol. The van der Waals surface area contributed by atoms with E-state index < -0.39 is 0 Å². The van der Waals surface area contributed by atoms with Crippen LogP contribution >= 0.6 is 12.2 Å². The largest absolute Gasteiger partial charge is 0.508 e. The zero-order valence-corrected chi connectivity index (χ0v) is 13.4. The summed E-state index contributed by atoms with van der Waals surface area (Å²) in [5.41, 5.74) is 2.19. The standard InChI is InChI=1S/C16H15N3O3S/c1-9-3-6-14(22-2)12(7-9)19-15(17-18-16(19)23)11-5-4-10(20)8-13(11)21/h3-8,20-21H,1-2H3,(H,18,23). The van der Waals surface area contributed by atoms with Crippen molar-refractivity contribution < 1.29 is 14.9 Å². The third kappa shape index (κ3) is 2.66. The van der Waals surface area contributed by atoms with E-state index in [1.165, 1.54) is 12.1 Å². The van der Waals surface area contributed by atoms with Gasteiger partial charge in [0.1, 0.15) is 17.2 Å². The Hall–Kier alpha value is -2.80. The normalized spacial score (nSPS) is 10.7. The molecule has 7 heteroatoms. The van der Waals surface area contributed by atoms with Crippen molar-refractivity contribution in [1.82, 2.24) is 14.8 Å². The smallest absolute Gasteiger partial charge is 0.200 e. The van der Waals surface area contributed by atoms with Crippen molar-refractivity contribution >= 4 is 12.2 Å². The highest BCUT2D eigenvalue weighted by atomic mass is 32.1. The molecule has 3 N–H and O–H groups in total. The maximum absolute atomic E-state index is 10.1. The second-order valence-corrected chi connectivity index (χ2v) is 5.45. The van der Waals surface area contributed by atoms with E-state index in [2.05, 4.69) is 10.2 Å². The third-order valence-corrected chi connectivity index (χ3v) is 3.74. The van der Waals surface area contributed by atoms with E-state index in [1.54, 1.807) is 17.7 Å². The molecule has 0 saturated carbocycles. The molecule has 0 aliphatic rings. The fraction of sp³-hybridized carbons (Fsp3) is 0.125. The van der Waals surface area contributed by atoms with E-state index in [0.29, 0.717) is 27.6 Å². The Morgan fingerprint density at radius 3 is 2.65 bits per heavy atom. The van der Waals surface area contributed by atoms with Crippen LogP contribution in [0.1, 0.15) is 5.56 Å². The predicted octanol–water partition coefficient (Wildman–Crippen LogP) is 3.33. The average Bonchev–Trinajstić information content (AvgIpc) is 2.88. The molecule has 118 valence electrons. The number of benzene rings is 2. The van der Waals surface area contributed by atoms with E-state index >= 15 is 0 Å². The SMILES string of the molecule is COc1ccc(C)cc1-n1c(-c2ccc(O)cc2O)n[nH]c1=S. The predicted molar refractivity (Wildman–Crippen MR) is 88.8 cm³/mol. The summed E-state index contributed by atoms with van der Waals surface area (Å²) in [6.45, 7) is 1.96. The molecule has 0 saturated heterocycles. The van der Waals surface area contributed by atoms with Crippen LogP contribution in [-0.4, -0.2) is 32.1 Å². The van der Waals surface area contributed by atoms with E-state index in [0.717, 1.165) is 5.56 Å². The number of nitrogens with zero attached hydrogens (tertiary/aromatic N) is 2. The molecule has 0 atom stereocenters. The van der Waals surface area contributed by atoms with Crippen LogP contribution in [0.15, 0.2) is 36.4 Å². The van der Waals surface area contributed by atoms with Gasteiger partial charge in [-0.1, -0.05) is 6.07 Å². The molecule has 0 bridgehead atoms. The second-order valence-electron chi connectivity index (χ2n) is 5.06. The molecule has 23 heavy (non-hydrogen) atoms. The van der Waals surface area contributed by atoms with Crippen molar-refractivity contribution in [2.45, 2.75) is 6.92 Å². The van der Waals surface area contributed by atoms with Gasteiger partial charge in [0.15, 0.2) is 10.6 Å². The lowest BCUT2D eigenvalue weighted by atomic mass is 10.1. The maximum Gasteiger partial charge on any atom is 0.200 e. The van der Waals surface area contributed by atoms with Crippen molar-refractivity contribution in [3.05, 3.63) is 46.7 Å². The lowest BCUT2D eigenvalue weighted by Crippen LogP contribution is -2.01. The number of phenolic OH excluding ortho intramolecular Hbond substituents is 2. The number of hydrogen-bond donors (Lipinski definition) is 3. The van der Waals surface area contributed by atoms with Gasteiger partial charge in [0.05, 0.1) is 18.4 Å². The number of methoxy groups -OCH3 is 1. The number of aromatic hydroxyl groups is 2. The van der Waals surface area contributed by atoms with Gasteiger partial charge in [-0.2, -0.15) is 5.10 Å². The van der Waals surface area contributed by atoms with Gasteiger partial charge in [0.25, 0.3) is 0 Å². The zero-order valence-electron chi connectivity index (χ0n) is 12.6. The highest BCUT2D eigenvalue weighted by Gasteiger charge is 2.17. The minimum absolute atomic E-state index is 0.0277. The Morgan fingerprint density at radius 2 is 1.96 bits per heavy atom. The van der Waals surface area contributed by atoms with Crippen LogP contribution in [0.4, 0.5) is 0 Å². The monoisotopic (exact) mass is 329 g/mol. The van der Waals surface area contributed by atoms with Gasteiger partial charge in [0, 0.05) is 6.07 Å². The molecule has 0 aliphatic carbocycles. The molecule has 6 nitrogen and oxygen atoms in total. The van der Waals surface area contributed by atoms with Crippen molar-refractivity contribution in [3.8, 4) is 34.3 Å². The molecule has 0 spiro atoms. The fourth-order valence-electron chi connectivity index (χ4n) is 2.39. The molecule has 0 amide bonds. The third-order valence-electron chi connectivity index (χ3n) is 3.47. The van der Waals surface area contributed by atoms with Crippen molar-refractivity contribution in [3.63, 3.8) is 0 Å². The van der Waals surface area contributed by atoms with Crippen LogP contribution in [0, 0.1) is 11.7 Å². The summed E-state index contributed by atoms with van der Waals surface area (Å²) in [5, 5.41) is 26.5. The molecular formula is C16H15N3O3S. The number of nitrogens with one attached hydrogen (secondary N) is 1. The number of phenols is 2. The first-order valence-electron chi connectivity index (χ1n) is 6.86. The first-order valence-corrected chi connectivity index (χ1v) is 7.27. The number of aromatic amines is 1. The summed E-state index contributed by atoms with van der Waals surface area (Å²) in [5.74, 6) is 0.941. The molecule has 0 unspecified atom stereocenters. The van der Waals surface area contributed by atoms with Gasteiger partial charge >= 0.3 is 0 Å². The summed E-state index contributed by atoms with van der Waals surface area (Å²) in [6, 6.07) is 10.0. The second kappa shape index (κ2) is 5.77. The Kier molecular flexibility index (Phi) is 3.79. The van der Waals surface area contributed by atoms with Crippen molar-refractivity contribution in [2.75, 3.05) is 7.11 Å². The summed E-state index contributed by atoms with van der Waals surface area (Å²) in [4.78, 5) is 0. The Labute approximate surface area is 137 Å². The van der Waals surface area contributed by atoms with Crippen molar-refractivity contribution in [2.24, 2.45) is 0 Å². The average molecular weight is 329 g/mol. The number of aromatic nitrogens is 3. The first kappa shape index (κ1) is 15.1. The summed E-state index contributed by atoms with van der Waals surface area (Å²) in [7, 11) is 1.58. The lowest BCUT2D eigenvalue weighted by molar-refractivity contribution is 0.412. The summed E-state index contributed by atoms with van der Waals surface area (Å²) < 4.78 is 7.47. The van der Waals surface area contributed by atoms with E-state index in [1.807, 2.05) is 25.1 Å². The minimum atomic E-state index is -0.0909. The Balaban J connectivity index is 2.29. The molecule has 1 heterocycles. The highest BCUT2D eigenvalue weighted by Crippen LogP contribution is 2.34. The topological polar surface area (TPSA) is 83.3 Å². The number of hydrogen-bond acceptors (Lipinski definition) is 5. The van der Waals surface area contributed by atoms with Crippen LogP contribution in [0.5, 0.6) is 17.2 Å². The Bertz CT molecular complexity index is 931. The van der Waals surface area contributed by atoms with Crippen LogP contribution < -0.4 is 4.74 Å². The van der Waals surface area contributed by atoms with Gasteiger partial charge < -0.3 is 14.9 Å². The van der Waals surface area contributed by atoms with Crippen LogP contribution in [0.2, 0.25) is 0 Å². The van der Waals surface area contributed by atoms with Crippen LogP contribution in [0.25, 0.3) is 17.1 Å². The first-order chi connectivity index (χ1) is 11.0. The summed E-state index contributed by atoms with van der Waals surface area (Å²) in [6.07, 6.45) is 0. The number of ether oxygens (including phenoxy) is 1. The van der Waals surface area contributed by atoms with Gasteiger partial charge in [0.2, 0.25) is 0 Å². The fourth-order valence-corrected chi connectivity index (χ4v) is 2.62. The lowest BCUT2D eigenvalue weighted by Gasteiger charge is -2.13. The molecule has 0 fully saturated rings. The van der Waals surface area contributed by atoms with Gasteiger partial charge in [-0.05, 0) is 49.0 Å². The number of aryl methyl sites for hydroxylation is 1.